The summed E-state index contributed by atoms with van der Waals surface area (Å²) in [6.45, 7) is 4.03. The fourth-order valence-electron chi connectivity index (χ4n) is 2.42. The van der Waals surface area contributed by atoms with Crippen molar-refractivity contribution in [3.05, 3.63) is 64.1 Å². The van der Waals surface area contributed by atoms with E-state index in [0.717, 1.165) is 29.1 Å². The number of aliphatic imine (C=N–C) groups is 1. The van der Waals surface area contributed by atoms with Gasteiger partial charge in [-0.2, -0.15) is 0 Å². The van der Waals surface area contributed by atoms with Gasteiger partial charge in [0.05, 0.1) is 11.4 Å². The average molecular weight is 438 g/mol. The van der Waals surface area contributed by atoms with Gasteiger partial charge in [-0.15, -0.1) is 0 Å². The summed E-state index contributed by atoms with van der Waals surface area (Å²) >= 11 is 3.45. The molecule has 0 aliphatic carbocycles. The molecular formula is C19H24BrN3O2S. The van der Waals surface area contributed by atoms with Gasteiger partial charge in [0.2, 0.25) is 0 Å². The smallest absolute Gasteiger partial charge is 0.194 e. The summed E-state index contributed by atoms with van der Waals surface area (Å²) in [5.74, 6) is 0.808. The minimum absolute atomic E-state index is 0.324. The number of hydrogen-bond donors (Lipinski definition) is 1. The minimum atomic E-state index is -3.17. The third kappa shape index (κ3) is 6.14. The average Bonchev–Trinajstić information content (AvgIpc) is 2.60. The second-order valence-electron chi connectivity index (χ2n) is 6.07. The van der Waals surface area contributed by atoms with E-state index in [9.17, 15) is 8.42 Å². The predicted molar refractivity (Wildman–Crippen MR) is 110 cm³/mol. The fraction of sp³-hybridized carbons (Fsp3) is 0.316. The summed E-state index contributed by atoms with van der Waals surface area (Å²) in [6, 6.07) is 15.1. The maximum atomic E-state index is 11.5. The van der Waals surface area contributed by atoms with Gasteiger partial charge in [-0.25, -0.2) is 13.4 Å². The summed E-state index contributed by atoms with van der Waals surface area (Å²) in [6.07, 6.45) is 1.21. The molecule has 7 heteroatoms. The molecule has 0 spiro atoms. The molecule has 0 saturated carbocycles. The monoisotopic (exact) mass is 437 g/mol. The van der Waals surface area contributed by atoms with Crippen LogP contribution in [0, 0.1) is 0 Å². The van der Waals surface area contributed by atoms with Gasteiger partial charge < -0.3 is 10.2 Å². The molecule has 0 radical (unpaired) electrons. The van der Waals surface area contributed by atoms with Crippen molar-refractivity contribution in [1.29, 1.82) is 0 Å². The first-order valence-corrected chi connectivity index (χ1v) is 11.0. The van der Waals surface area contributed by atoms with E-state index in [4.69, 9.17) is 0 Å². The highest BCUT2D eigenvalue weighted by Crippen LogP contribution is 2.13. The van der Waals surface area contributed by atoms with Gasteiger partial charge in [-0.3, -0.25) is 0 Å². The molecule has 0 aliphatic rings. The molecule has 0 bridgehead atoms. The van der Waals surface area contributed by atoms with Crippen LogP contribution in [0.25, 0.3) is 0 Å². The lowest BCUT2D eigenvalue weighted by atomic mass is 10.2. The number of benzene rings is 2. The molecule has 2 aromatic rings. The van der Waals surface area contributed by atoms with Crippen molar-refractivity contribution in [2.24, 2.45) is 4.99 Å². The molecule has 0 saturated heterocycles. The number of nitrogens with one attached hydrogen (secondary N) is 1. The second kappa shape index (κ2) is 9.19. The molecule has 0 aromatic heterocycles. The van der Waals surface area contributed by atoms with Gasteiger partial charge in [-0.05, 0) is 42.3 Å². The highest BCUT2D eigenvalue weighted by molar-refractivity contribution is 9.10. The van der Waals surface area contributed by atoms with E-state index >= 15 is 0 Å². The van der Waals surface area contributed by atoms with Crippen LogP contribution in [0.2, 0.25) is 0 Å². The quantitative estimate of drug-likeness (QED) is 0.555. The van der Waals surface area contributed by atoms with Crippen LogP contribution in [-0.2, 0) is 22.9 Å². The zero-order valence-electron chi connectivity index (χ0n) is 15.2. The predicted octanol–water partition coefficient (Wildman–Crippen LogP) is 3.45. The maximum absolute atomic E-state index is 11.5. The Hall–Kier alpha value is -1.86. The molecule has 0 heterocycles. The number of guanidine groups is 1. The van der Waals surface area contributed by atoms with Crippen LogP contribution >= 0.6 is 15.9 Å². The van der Waals surface area contributed by atoms with E-state index in [1.54, 1.807) is 24.3 Å². The van der Waals surface area contributed by atoms with Crippen LogP contribution in [-0.4, -0.2) is 39.1 Å². The topological polar surface area (TPSA) is 61.8 Å². The molecule has 140 valence electrons. The molecule has 1 N–H and O–H groups in total. The summed E-state index contributed by atoms with van der Waals surface area (Å²) in [4.78, 5) is 7.05. The standard InChI is InChI=1S/C19H24BrN3O2S/c1-4-21-19(23(2)14-16-5-9-17(20)10-6-16)22-13-15-7-11-18(12-8-15)26(3,24)25/h5-12H,4,13-14H2,1-3H3,(H,21,22). The van der Waals surface area contributed by atoms with Gasteiger partial charge in [0.25, 0.3) is 0 Å². The molecule has 26 heavy (non-hydrogen) atoms. The number of nitrogens with zero attached hydrogens (tertiary/aromatic N) is 2. The van der Waals surface area contributed by atoms with Crippen molar-refractivity contribution in [3.63, 3.8) is 0 Å². The molecule has 5 nitrogen and oxygen atoms in total. The first-order valence-electron chi connectivity index (χ1n) is 8.32. The van der Waals surface area contributed by atoms with E-state index in [0.29, 0.717) is 11.4 Å². The molecule has 2 aromatic carbocycles. The largest absolute Gasteiger partial charge is 0.357 e. The van der Waals surface area contributed by atoms with Crippen LogP contribution in [0.1, 0.15) is 18.1 Å². The van der Waals surface area contributed by atoms with Crippen molar-refractivity contribution in [1.82, 2.24) is 10.2 Å². The van der Waals surface area contributed by atoms with Gasteiger partial charge in [0.1, 0.15) is 0 Å². The number of hydrogen-bond acceptors (Lipinski definition) is 3. The van der Waals surface area contributed by atoms with Gasteiger partial charge in [-0.1, -0.05) is 40.2 Å². The van der Waals surface area contributed by atoms with Crippen molar-refractivity contribution in [2.45, 2.75) is 24.9 Å². The lowest BCUT2D eigenvalue weighted by Crippen LogP contribution is -2.38. The Bertz CT molecular complexity index is 847. The Kier molecular flexibility index (Phi) is 7.23. The molecule has 0 fully saturated rings. The Morgan fingerprint density at radius 3 is 2.19 bits per heavy atom. The molecule has 0 atom stereocenters. The zero-order valence-corrected chi connectivity index (χ0v) is 17.6. The van der Waals surface area contributed by atoms with Crippen LogP contribution in [0.4, 0.5) is 0 Å². The molecule has 0 aliphatic heterocycles. The molecule has 0 unspecified atom stereocenters. The Labute approximate surface area is 164 Å². The Balaban J connectivity index is 2.08. The van der Waals surface area contributed by atoms with E-state index in [1.165, 1.54) is 11.8 Å². The van der Waals surface area contributed by atoms with Crippen LogP contribution in [0.5, 0.6) is 0 Å². The second-order valence-corrected chi connectivity index (χ2v) is 9.00. The van der Waals surface area contributed by atoms with Crippen LogP contribution in [0.3, 0.4) is 0 Å². The van der Waals surface area contributed by atoms with Gasteiger partial charge in [0, 0.05) is 30.9 Å². The minimum Gasteiger partial charge on any atom is -0.357 e. The van der Waals surface area contributed by atoms with Crippen molar-refractivity contribution in [2.75, 3.05) is 19.8 Å². The van der Waals surface area contributed by atoms with Crippen molar-refractivity contribution >= 4 is 31.7 Å². The zero-order chi connectivity index (χ0) is 19.2. The molecule has 0 amide bonds. The van der Waals surface area contributed by atoms with Gasteiger partial charge >= 0.3 is 0 Å². The highest BCUT2D eigenvalue weighted by Gasteiger charge is 2.08. The first-order chi connectivity index (χ1) is 12.3. The third-order valence-corrected chi connectivity index (χ3v) is 5.45. The molecular weight excluding hydrogens is 414 g/mol. The van der Waals surface area contributed by atoms with Crippen molar-refractivity contribution < 1.29 is 8.42 Å². The van der Waals surface area contributed by atoms with E-state index < -0.39 is 9.84 Å². The summed E-state index contributed by atoms with van der Waals surface area (Å²) in [5, 5.41) is 3.29. The highest BCUT2D eigenvalue weighted by atomic mass is 79.9. The lowest BCUT2D eigenvalue weighted by molar-refractivity contribution is 0.477. The van der Waals surface area contributed by atoms with E-state index in [1.807, 2.05) is 26.1 Å². The fourth-order valence-corrected chi connectivity index (χ4v) is 3.31. The Morgan fingerprint density at radius 2 is 1.65 bits per heavy atom. The summed E-state index contributed by atoms with van der Waals surface area (Å²) in [5.41, 5.74) is 2.16. The SMILES string of the molecule is CCNC(=NCc1ccc(S(C)(=O)=O)cc1)N(C)Cc1ccc(Br)cc1. The Morgan fingerprint density at radius 1 is 1.08 bits per heavy atom. The number of sulfone groups is 1. The van der Waals surface area contributed by atoms with Crippen molar-refractivity contribution in [3.8, 4) is 0 Å². The number of rotatable bonds is 6. The first kappa shape index (κ1) is 20.5. The maximum Gasteiger partial charge on any atom is 0.194 e. The number of halogens is 1. The summed E-state index contributed by atoms with van der Waals surface area (Å²) < 4.78 is 24.1. The molecule has 2 rings (SSSR count). The van der Waals surface area contributed by atoms with Crippen LogP contribution < -0.4 is 5.32 Å². The summed E-state index contributed by atoms with van der Waals surface area (Å²) in [7, 11) is -1.17. The third-order valence-electron chi connectivity index (χ3n) is 3.79. The normalized spacial score (nSPS) is 12.1. The van der Waals surface area contributed by atoms with Crippen LogP contribution in [0.15, 0.2) is 62.9 Å². The van der Waals surface area contributed by atoms with E-state index in [2.05, 4.69) is 43.3 Å². The van der Waals surface area contributed by atoms with E-state index in [-0.39, 0.29) is 0 Å². The lowest BCUT2D eigenvalue weighted by Gasteiger charge is -2.22. The van der Waals surface area contributed by atoms with Gasteiger partial charge in [0.15, 0.2) is 15.8 Å².